The molecule has 0 aromatic heterocycles. The van der Waals surface area contributed by atoms with Crippen LogP contribution in [-0.4, -0.2) is 22.0 Å². The Kier molecular flexibility index (Phi) is 4.08. The van der Waals surface area contributed by atoms with Gasteiger partial charge in [-0.15, -0.1) is 0 Å². The zero-order chi connectivity index (χ0) is 15.4. The molecule has 0 bridgehead atoms. The lowest BCUT2D eigenvalue weighted by Gasteiger charge is -2.08. The summed E-state index contributed by atoms with van der Waals surface area (Å²) >= 11 is 0. The molecule has 2 aromatic carbocycles. The van der Waals surface area contributed by atoms with E-state index in [-0.39, 0.29) is 23.0 Å². The van der Waals surface area contributed by atoms with Crippen molar-refractivity contribution in [1.29, 1.82) is 0 Å². The molecule has 0 aliphatic rings. The van der Waals surface area contributed by atoms with Crippen LogP contribution >= 0.6 is 0 Å². The van der Waals surface area contributed by atoms with Crippen molar-refractivity contribution in [2.75, 3.05) is 10.6 Å². The van der Waals surface area contributed by atoms with Gasteiger partial charge in [0.2, 0.25) is 5.91 Å². The number of carbonyl (C=O) groups excluding carboxylic acids is 2. The van der Waals surface area contributed by atoms with Gasteiger partial charge in [-0.25, -0.2) is 0 Å². The van der Waals surface area contributed by atoms with E-state index in [9.17, 15) is 19.8 Å². The van der Waals surface area contributed by atoms with Crippen molar-refractivity contribution in [1.82, 2.24) is 0 Å². The summed E-state index contributed by atoms with van der Waals surface area (Å²) in [6.07, 6.45) is 0. The van der Waals surface area contributed by atoms with E-state index in [1.807, 2.05) is 0 Å². The lowest BCUT2D eigenvalue weighted by molar-refractivity contribution is -0.114. The normalized spacial score (nSPS) is 9.95. The van der Waals surface area contributed by atoms with E-state index in [4.69, 9.17) is 0 Å². The molecule has 0 saturated carbocycles. The summed E-state index contributed by atoms with van der Waals surface area (Å²) in [7, 11) is 0. The lowest BCUT2D eigenvalue weighted by Crippen LogP contribution is -2.12. The number of aromatic hydroxyl groups is 2. The molecule has 0 aliphatic heterocycles. The van der Waals surface area contributed by atoms with Gasteiger partial charge in [0, 0.05) is 29.9 Å². The molecule has 4 N–H and O–H groups in total. The number of anilines is 2. The van der Waals surface area contributed by atoms with Crippen molar-refractivity contribution in [3.8, 4) is 11.5 Å². The fourth-order valence-electron chi connectivity index (χ4n) is 1.81. The Morgan fingerprint density at radius 2 is 1.48 bits per heavy atom. The second-order valence-electron chi connectivity index (χ2n) is 4.45. The number of nitrogens with one attached hydrogen (secondary N) is 2. The standard InChI is InChI=1S/C15H14N2O4/c1-9(18)16-11-3-2-4-12(7-11)17-15(21)10-5-13(19)8-14(20)6-10/h2-8,19-20H,1H3,(H,16,18)(H,17,21). The van der Waals surface area contributed by atoms with Crippen molar-refractivity contribution in [2.24, 2.45) is 0 Å². The summed E-state index contributed by atoms with van der Waals surface area (Å²) in [6.45, 7) is 1.39. The van der Waals surface area contributed by atoms with Crippen LogP contribution in [0, 0.1) is 0 Å². The summed E-state index contributed by atoms with van der Waals surface area (Å²) in [5, 5.41) is 23.9. The van der Waals surface area contributed by atoms with Crippen LogP contribution in [0.4, 0.5) is 11.4 Å². The topological polar surface area (TPSA) is 98.7 Å². The molecule has 2 amide bonds. The Bertz CT molecular complexity index is 678. The number of phenolic OH excluding ortho intramolecular Hbond substituents is 2. The average Bonchev–Trinajstić information content (AvgIpc) is 2.37. The number of phenols is 2. The first-order chi connectivity index (χ1) is 9.94. The average molecular weight is 286 g/mol. The van der Waals surface area contributed by atoms with Gasteiger partial charge in [-0.05, 0) is 30.3 Å². The molecule has 2 aromatic rings. The number of benzene rings is 2. The molecule has 0 unspecified atom stereocenters. The van der Waals surface area contributed by atoms with Gasteiger partial charge >= 0.3 is 0 Å². The Hall–Kier alpha value is -3.02. The molecule has 21 heavy (non-hydrogen) atoms. The maximum Gasteiger partial charge on any atom is 0.255 e. The van der Waals surface area contributed by atoms with Crippen molar-refractivity contribution < 1.29 is 19.8 Å². The van der Waals surface area contributed by atoms with Crippen molar-refractivity contribution in [2.45, 2.75) is 6.92 Å². The highest BCUT2D eigenvalue weighted by Crippen LogP contribution is 2.22. The molecule has 0 radical (unpaired) electrons. The predicted molar refractivity (Wildman–Crippen MR) is 78.5 cm³/mol. The number of amides is 2. The molecule has 0 atom stereocenters. The van der Waals surface area contributed by atoms with Gasteiger partial charge in [0.25, 0.3) is 5.91 Å². The highest BCUT2D eigenvalue weighted by atomic mass is 16.3. The van der Waals surface area contributed by atoms with E-state index in [1.165, 1.54) is 19.1 Å². The van der Waals surface area contributed by atoms with Crippen LogP contribution in [0.5, 0.6) is 11.5 Å². The highest BCUT2D eigenvalue weighted by molar-refractivity contribution is 6.05. The molecule has 0 fully saturated rings. The molecule has 0 spiro atoms. The number of rotatable bonds is 3. The van der Waals surface area contributed by atoms with Gasteiger partial charge in [0.1, 0.15) is 11.5 Å². The second-order valence-corrected chi connectivity index (χ2v) is 4.45. The van der Waals surface area contributed by atoms with Crippen LogP contribution in [0.1, 0.15) is 17.3 Å². The molecule has 6 nitrogen and oxygen atoms in total. The summed E-state index contributed by atoms with van der Waals surface area (Å²) in [6, 6.07) is 10.2. The van der Waals surface area contributed by atoms with Gasteiger partial charge in [-0.2, -0.15) is 0 Å². The van der Waals surface area contributed by atoms with Gasteiger partial charge in [0.15, 0.2) is 0 Å². The van der Waals surface area contributed by atoms with Crippen LogP contribution in [-0.2, 0) is 4.79 Å². The minimum Gasteiger partial charge on any atom is -0.508 e. The first kappa shape index (κ1) is 14.4. The van der Waals surface area contributed by atoms with Crippen LogP contribution in [0.15, 0.2) is 42.5 Å². The zero-order valence-corrected chi connectivity index (χ0v) is 11.3. The van der Waals surface area contributed by atoms with E-state index in [1.54, 1.807) is 24.3 Å². The quantitative estimate of drug-likeness (QED) is 0.695. The number of hydrogen-bond acceptors (Lipinski definition) is 4. The monoisotopic (exact) mass is 286 g/mol. The van der Waals surface area contributed by atoms with E-state index in [0.717, 1.165) is 6.07 Å². The molecular formula is C15H14N2O4. The minimum absolute atomic E-state index is 0.123. The molecule has 0 saturated heterocycles. The fraction of sp³-hybridized carbons (Fsp3) is 0.0667. The molecule has 0 aliphatic carbocycles. The van der Waals surface area contributed by atoms with Crippen LogP contribution < -0.4 is 10.6 Å². The fourth-order valence-corrected chi connectivity index (χ4v) is 1.81. The highest BCUT2D eigenvalue weighted by Gasteiger charge is 2.09. The smallest absolute Gasteiger partial charge is 0.255 e. The van der Waals surface area contributed by atoms with Gasteiger partial charge < -0.3 is 20.8 Å². The number of hydrogen-bond donors (Lipinski definition) is 4. The molecule has 6 heteroatoms. The first-order valence-electron chi connectivity index (χ1n) is 6.16. The summed E-state index contributed by atoms with van der Waals surface area (Å²) < 4.78 is 0. The zero-order valence-electron chi connectivity index (χ0n) is 11.3. The third-order valence-corrected chi connectivity index (χ3v) is 2.61. The predicted octanol–water partition coefficient (Wildman–Crippen LogP) is 2.31. The van der Waals surface area contributed by atoms with E-state index in [2.05, 4.69) is 10.6 Å². The number of carbonyl (C=O) groups is 2. The van der Waals surface area contributed by atoms with Crippen LogP contribution in [0.25, 0.3) is 0 Å². The molecular weight excluding hydrogens is 272 g/mol. The van der Waals surface area contributed by atoms with Crippen molar-refractivity contribution in [3.05, 3.63) is 48.0 Å². The van der Waals surface area contributed by atoms with Crippen molar-refractivity contribution >= 4 is 23.2 Å². The Labute approximate surface area is 121 Å². The largest absolute Gasteiger partial charge is 0.508 e. The van der Waals surface area contributed by atoms with Crippen molar-refractivity contribution in [3.63, 3.8) is 0 Å². The van der Waals surface area contributed by atoms with Gasteiger partial charge in [0.05, 0.1) is 0 Å². The Morgan fingerprint density at radius 1 is 0.905 bits per heavy atom. The van der Waals surface area contributed by atoms with E-state index < -0.39 is 5.91 Å². The van der Waals surface area contributed by atoms with Gasteiger partial charge in [-0.1, -0.05) is 6.07 Å². The second kappa shape index (κ2) is 5.96. The molecule has 0 heterocycles. The maximum atomic E-state index is 12.0. The van der Waals surface area contributed by atoms with Crippen LogP contribution in [0.2, 0.25) is 0 Å². The van der Waals surface area contributed by atoms with E-state index >= 15 is 0 Å². The van der Waals surface area contributed by atoms with Crippen LogP contribution in [0.3, 0.4) is 0 Å². The SMILES string of the molecule is CC(=O)Nc1cccc(NC(=O)c2cc(O)cc(O)c2)c1. The molecule has 2 rings (SSSR count). The first-order valence-corrected chi connectivity index (χ1v) is 6.16. The summed E-state index contributed by atoms with van der Waals surface area (Å²) in [4.78, 5) is 23.0. The third-order valence-electron chi connectivity index (χ3n) is 2.61. The maximum absolute atomic E-state index is 12.0. The molecule has 108 valence electrons. The third kappa shape index (κ3) is 3.97. The van der Waals surface area contributed by atoms with E-state index in [0.29, 0.717) is 11.4 Å². The van der Waals surface area contributed by atoms with Gasteiger partial charge in [-0.3, -0.25) is 9.59 Å². The Morgan fingerprint density at radius 3 is 2.05 bits per heavy atom. The summed E-state index contributed by atoms with van der Waals surface area (Å²) in [5.74, 6) is -1.10. The summed E-state index contributed by atoms with van der Waals surface area (Å²) in [5.41, 5.74) is 1.16. The minimum atomic E-state index is -0.485. The lowest BCUT2D eigenvalue weighted by atomic mass is 10.2. The Balaban J connectivity index is 2.17.